The third-order valence-corrected chi connectivity index (χ3v) is 5.13. The Labute approximate surface area is 126 Å². The molecule has 2 saturated heterocycles. The Bertz CT molecular complexity index is 476. The van der Waals surface area contributed by atoms with Gasteiger partial charge in [0.2, 0.25) is 5.91 Å². The van der Waals surface area contributed by atoms with Crippen molar-refractivity contribution in [2.24, 2.45) is 5.73 Å². The van der Waals surface area contributed by atoms with Crippen LogP contribution >= 0.6 is 0 Å². The van der Waals surface area contributed by atoms with Crippen LogP contribution < -0.4 is 11.1 Å². The lowest BCUT2D eigenvalue weighted by Crippen LogP contribution is -2.56. The van der Waals surface area contributed by atoms with E-state index in [0.717, 1.165) is 18.4 Å². The van der Waals surface area contributed by atoms with E-state index in [0.29, 0.717) is 12.1 Å². The zero-order valence-corrected chi connectivity index (χ0v) is 12.7. The fraction of sp³-hybridized carbons (Fsp3) is 0.588. The van der Waals surface area contributed by atoms with Gasteiger partial charge in [0.05, 0.1) is 0 Å². The van der Waals surface area contributed by atoms with Gasteiger partial charge in [-0.05, 0) is 38.3 Å². The monoisotopic (exact) mass is 287 g/mol. The van der Waals surface area contributed by atoms with E-state index in [1.54, 1.807) is 0 Å². The van der Waals surface area contributed by atoms with Gasteiger partial charge in [-0.15, -0.1) is 0 Å². The van der Waals surface area contributed by atoms with Crippen LogP contribution in [0.15, 0.2) is 30.3 Å². The second-order valence-corrected chi connectivity index (χ2v) is 6.47. The van der Waals surface area contributed by atoms with Crippen LogP contribution in [0.4, 0.5) is 0 Å². The van der Waals surface area contributed by atoms with Gasteiger partial charge in [-0.3, -0.25) is 4.79 Å². The molecular weight excluding hydrogens is 262 g/mol. The summed E-state index contributed by atoms with van der Waals surface area (Å²) < 4.78 is 0. The normalized spacial score (nSPS) is 30.7. The Kier molecular flexibility index (Phi) is 4.27. The van der Waals surface area contributed by atoms with Crippen LogP contribution in [0.3, 0.4) is 0 Å². The SMILES string of the molecule is CN1C2CCCC1CC(NC(=O)[C@@H](N)c1ccccc1)C2. The Morgan fingerprint density at radius 2 is 1.86 bits per heavy atom. The molecule has 4 nitrogen and oxygen atoms in total. The number of carbonyl (C=O) groups is 1. The van der Waals surface area contributed by atoms with Crippen molar-refractivity contribution in [1.82, 2.24) is 10.2 Å². The predicted molar refractivity (Wildman–Crippen MR) is 83.7 cm³/mol. The average molecular weight is 287 g/mol. The smallest absolute Gasteiger partial charge is 0.241 e. The van der Waals surface area contributed by atoms with E-state index >= 15 is 0 Å². The van der Waals surface area contributed by atoms with Gasteiger partial charge in [-0.2, -0.15) is 0 Å². The molecule has 0 radical (unpaired) electrons. The minimum atomic E-state index is -0.564. The van der Waals surface area contributed by atoms with Gasteiger partial charge in [0.15, 0.2) is 0 Å². The minimum absolute atomic E-state index is 0.0474. The first-order chi connectivity index (χ1) is 10.1. The number of rotatable bonds is 3. The maximum Gasteiger partial charge on any atom is 0.241 e. The highest BCUT2D eigenvalue weighted by molar-refractivity contribution is 5.83. The molecular formula is C17H25N3O. The lowest BCUT2D eigenvalue weighted by Gasteiger charge is -2.47. The molecule has 1 aromatic rings. The molecule has 2 fully saturated rings. The van der Waals surface area contributed by atoms with Crippen LogP contribution in [0.2, 0.25) is 0 Å². The van der Waals surface area contributed by atoms with E-state index in [1.807, 2.05) is 30.3 Å². The Hall–Kier alpha value is -1.39. The van der Waals surface area contributed by atoms with Crippen LogP contribution in [0.25, 0.3) is 0 Å². The van der Waals surface area contributed by atoms with Crippen molar-refractivity contribution in [3.63, 3.8) is 0 Å². The molecule has 2 heterocycles. The fourth-order valence-corrected chi connectivity index (χ4v) is 3.84. The molecule has 4 heteroatoms. The molecule has 0 aliphatic carbocycles. The quantitative estimate of drug-likeness (QED) is 0.891. The summed E-state index contributed by atoms with van der Waals surface area (Å²) in [6, 6.07) is 10.6. The highest BCUT2D eigenvalue weighted by atomic mass is 16.2. The zero-order valence-electron chi connectivity index (χ0n) is 12.7. The van der Waals surface area contributed by atoms with E-state index in [-0.39, 0.29) is 11.9 Å². The van der Waals surface area contributed by atoms with Gasteiger partial charge < -0.3 is 16.0 Å². The van der Waals surface area contributed by atoms with Gasteiger partial charge >= 0.3 is 0 Å². The van der Waals surface area contributed by atoms with Crippen molar-refractivity contribution in [1.29, 1.82) is 0 Å². The predicted octanol–water partition coefficient (Wildman–Crippen LogP) is 1.82. The highest BCUT2D eigenvalue weighted by Gasteiger charge is 2.36. The van der Waals surface area contributed by atoms with E-state index in [9.17, 15) is 4.79 Å². The van der Waals surface area contributed by atoms with Gasteiger partial charge in [-0.25, -0.2) is 0 Å². The van der Waals surface area contributed by atoms with Crippen molar-refractivity contribution in [3.05, 3.63) is 35.9 Å². The molecule has 2 aliphatic heterocycles. The van der Waals surface area contributed by atoms with E-state index in [4.69, 9.17) is 5.73 Å². The summed E-state index contributed by atoms with van der Waals surface area (Å²) in [7, 11) is 2.22. The molecule has 114 valence electrons. The minimum Gasteiger partial charge on any atom is -0.352 e. The number of piperidine rings is 2. The Morgan fingerprint density at radius 3 is 2.48 bits per heavy atom. The van der Waals surface area contributed by atoms with Crippen LogP contribution in [-0.2, 0) is 4.79 Å². The molecule has 3 atom stereocenters. The number of carbonyl (C=O) groups excluding carboxylic acids is 1. The van der Waals surface area contributed by atoms with Crippen molar-refractivity contribution in [2.75, 3.05) is 7.05 Å². The zero-order chi connectivity index (χ0) is 14.8. The summed E-state index contributed by atoms with van der Waals surface area (Å²) in [6.45, 7) is 0. The number of nitrogens with zero attached hydrogens (tertiary/aromatic N) is 1. The first-order valence-electron chi connectivity index (χ1n) is 7.98. The molecule has 1 aromatic carbocycles. The summed E-state index contributed by atoms with van der Waals surface area (Å²) in [5.74, 6) is -0.0474. The fourth-order valence-electron chi connectivity index (χ4n) is 3.84. The first kappa shape index (κ1) is 14.5. The molecule has 2 unspecified atom stereocenters. The number of amides is 1. The summed E-state index contributed by atoms with van der Waals surface area (Å²) in [4.78, 5) is 14.9. The standard InChI is InChI=1S/C17H25N3O/c1-20-14-8-5-9-15(20)11-13(10-14)19-17(21)16(18)12-6-3-2-4-7-12/h2-4,6-7,13-16H,5,8-11,18H2,1H3,(H,19,21)/t13?,14?,15?,16-/m0/s1. The number of nitrogens with one attached hydrogen (secondary N) is 1. The first-order valence-corrected chi connectivity index (χ1v) is 7.98. The van der Waals surface area contributed by atoms with E-state index in [2.05, 4.69) is 17.3 Å². The second-order valence-electron chi connectivity index (χ2n) is 6.47. The van der Waals surface area contributed by atoms with Crippen LogP contribution in [0.5, 0.6) is 0 Å². The number of hydrogen-bond acceptors (Lipinski definition) is 3. The molecule has 0 aromatic heterocycles. The maximum atomic E-state index is 12.4. The largest absolute Gasteiger partial charge is 0.352 e. The molecule has 2 aliphatic rings. The molecule has 0 saturated carbocycles. The van der Waals surface area contributed by atoms with Crippen LogP contribution in [0, 0.1) is 0 Å². The highest BCUT2D eigenvalue weighted by Crippen LogP contribution is 2.32. The Balaban J connectivity index is 1.60. The molecule has 0 spiro atoms. The summed E-state index contributed by atoms with van der Waals surface area (Å²) >= 11 is 0. The van der Waals surface area contributed by atoms with Crippen LogP contribution in [-0.4, -0.2) is 36.0 Å². The Morgan fingerprint density at radius 1 is 1.24 bits per heavy atom. The van der Waals surface area contributed by atoms with Gasteiger partial charge in [0.25, 0.3) is 0 Å². The third-order valence-electron chi connectivity index (χ3n) is 5.13. The number of benzene rings is 1. The summed E-state index contributed by atoms with van der Waals surface area (Å²) in [5, 5.41) is 3.18. The van der Waals surface area contributed by atoms with Crippen molar-refractivity contribution in [3.8, 4) is 0 Å². The molecule has 2 bridgehead atoms. The van der Waals surface area contributed by atoms with Crippen LogP contribution in [0.1, 0.15) is 43.7 Å². The maximum absolute atomic E-state index is 12.4. The summed E-state index contributed by atoms with van der Waals surface area (Å²) in [6.07, 6.45) is 5.94. The second kappa shape index (κ2) is 6.16. The summed E-state index contributed by atoms with van der Waals surface area (Å²) in [5.41, 5.74) is 6.95. The number of nitrogens with two attached hydrogens (primary N) is 1. The topological polar surface area (TPSA) is 58.4 Å². The molecule has 3 N–H and O–H groups in total. The average Bonchev–Trinajstić information content (AvgIpc) is 2.48. The van der Waals surface area contributed by atoms with E-state index in [1.165, 1.54) is 19.3 Å². The lowest BCUT2D eigenvalue weighted by molar-refractivity contribution is -0.124. The molecule has 21 heavy (non-hydrogen) atoms. The third kappa shape index (κ3) is 3.11. The van der Waals surface area contributed by atoms with Crippen molar-refractivity contribution in [2.45, 2.75) is 56.3 Å². The van der Waals surface area contributed by atoms with Crippen molar-refractivity contribution >= 4 is 5.91 Å². The van der Waals surface area contributed by atoms with Gasteiger partial charge in [0.1, 0.15) is 6.04 Å². The molecule has 3 rings (SSSR count). The van der Waals surface area contributed by atoms with Gasteiger partial charge in [0, 0.05) is 18.1 Å². The lowest BCUT2D eigenvalue weighted by atomic mass is 9.82. The van der Waals surface area contributed by atoms with Gasteiger partial charge in [-0.1, -0.05) is 36.8 Å². The van der Waals surface area contributed by atoms with Crippen molar-refractivity contribution < 1.29 is 4.79 Å². The number of hydrogen-bond donors (Lipinski definition) is 2. The number of fused-ring (bicyclic) bond motifs is 2. The van der Waals surface area contributed by atoms with E-state index < -0.39 is 6.04 Å². The molecule has 1 amide bonds.